The molecule has 0 aliphatic carbocycles. The molecule has 22 nitrogen and oxygen atoms in total. The van der Waals surface area contributed by atoms with Gasteiger partial charge in [-0.25, -0.2) is 25.1 Å². The molecule has 336 valence electrons. The van der Waals surface area contributed by atoms with E-state index in [0.717, 1.165) is 73.9 Å². The van der Waals surface area contributed by atoms with Gasteiger partial charge in [0.15, 0.2) is 11.3 Å². The van der Waals surface area contributed by atoms with Crippen LogP contribution in [0.1, 0.15) is 18.6 Å². The monoisotopic (exact) mass is 923 g/mol. The Morgan fingerprint density at radius 2 is 1.12 bits per heavy atom. The normalized spacial score (nSPS) is 11.2. The molecule has 7 N–H and O–H groups in total. The molecule has 0 unspecified atom stereocenters. The molecule has 0 radical (unpaired) electrons. The van der Waals surface area contributed by atoms with Gasteiger partial charge in [0, 0.05) is 59.5 Å². The number of nitrogens with one attached hydrogen (secondary N) is 1. The number of fused-ring (bicyclic) bond motifs is 6. The summed E-state index contributed by atoms with van der Waals surface area (Å²) in [5, 5.41) is 21.6. The number of pyridine rings is 4. The molecule has 0 fully saturated rings. The van der Waals surface area contributed by atoms with Gasteiger partial charge in [0.05, 0.1) is 55.2 Å². The third kappa shape index (κ3) is 11.7. The van der Waals surface area contributed by atoms with Crippen molar-refractivity contribution in [1.29, 1.82) is 0 Å². The van der Waals surface area contributed by atoms with Crippen LogP contribution >= 0.6 is 0 Å². The van der Waals surface area contributed by atoms with Crippen LogP contribution in [0.2, 0.25) is 0 Å². The molecule has 65 heavy (non-hydrogen) atoms. The minimum absolute atomic E-state index is 0. The van der Waals surface area contributed by atoms with Crippen LogP contribution in [0.15, 0.2) is 122 Å². The average Bonchev–Trinajstić information content (AvgIpc) is 3.88. The first kappa shape index (κ1) is 46.4. The van der Waals surface area contributed by atoms with Gasteiger partial charge in [-0.15, -0.1) is 0 Å². The fourth-order valence-electron chi connectivity index (χ4n) is 6.33. The van der Waals surface area contributed by atoms with Crippen LogP contribution in [-0.2, 0) is 33.6 Å². The Bertz CT molecular complexity index is 3350. The van der Waals surface area contributed by atoms with Crippen molar-refractivity contribution in [3.8, 4) is 17.5 Å². The van der Waals surface area contributed by atoms with Crippen LogP contribution < -0.4 is 34.4 Å². The summed E-state index contributed by atoms with van der Waals surface area (Å²) in [4.78, 5) is 35.9. The van der Waals surface area contributed by atoms with Crippen molar-refractivity contribution in [3.63, 3.8) is 0 Å². The van der Waals surface area contributed by atoms with Gasteiger partial charge >= 0.3 is 10.3 Å². The maximum Gasteiger partial charge on any atom is 0.380 e. The molecule has 6 heterocycles. The first-order valence-electron chi connectivity index (χ1n) is 18.6. The number of hydrogen-bond acceptors (Lipinski definition) is 16. The molecule has 9 rings (SSSR count). The zero-order chi connectivity index (χ0) is 45.6. The van der Waals surface area contributed by atoms with Crippen molar-refractivity contribution in [1.82, 2.24) is 39.0 Å². The lowest BCUT2D eigenvalue weighted by Gasteiger charge is -2.08. The molecule has 0 atom stereocenters. The van der Waals surface area contributed by atoms with Gasteiger partial charge in [-0.05, 0) is 59.7 Å². The first-order valence-corrected chi connectivity index (χ1v) is 21.6. The van der Waals surface area contributed by atoms with E-state index in [1.54, 1.807) is 51.1 Å². The van der Waals surface area contributed by atoms with E-state index < -0.39 is 25.4 Å². The van der Waals surface area contributed by atoms with Gasteiger partial charge in [-0.2, -0.15) is 31.9 Å². The minimum atomic E-state index is -4.08. The molecule has 0 saturated carbocycles. The second kappa shape index (κ2) is 19.5. The molecule has 6 aromatic heterocycles. The average molecular weight is 924 g/mol. The van der Waals surface area contributed by atoms with Gasteiger partial charge in [0.2, 0.25) is 11.8 Å². The second-order valence-electron chi connectivity index (χ2n) is 13.6. The fraction of sp³-hybridized carbons (Fsp3) is 0.122. The van der Waals surface area contributed by atoms with Crippen molar-refractivity contribution < 1.29 is 35.4 Å². The lowest BCUT2D eigenvalue weighted by atomic mass is 10.2. The quantitative estimate of drug-likeness (QED) is 0.0746. The van der Waals surface area contributed by atoms with Gasteiger partial charge in [-0.1, -0.05) is 31.7 Å². The van der Waals surface area contributed by atoms with E-state index in [0.29, 0.717) is 41.8 Å². The van der Waals surface area contributed by atoms with E-state index in [9.17, 15) is 26.9 Å². The third-order valence-corrected chi connectivity index (χ3v) is 10.1. The summed E-state index contributed by atoms with van der Waals surface area (Å²) in [5.41, 5.74) is 13.7. The highest BCUT2D eigenvalue weighted by atomic mass is 32.2. The van der Waals surface area contributed by atoms with E-state index in [-0.39, 0.29) is 18.9 Å². The highest BCUT2D eigenvalue weighted by molar-refractivity contribution is 7.90. The Morgan fingerprint density at radius 3 is 1.54 bits per heavy atom. The number of aromatic nitrogens is 8. The Balaban J connectivity index is 0.000000168. The van der Waals surface area contributed by atoms with Gasteiger partial charge in [0.25, 0.3) is 15.9 Å². The van der Waals surface area contributed by atoms with Gasteiger partial charge < -0.3 is 28.5 Å². The number of imidazole rings is 2. The van der Waals surface area contributed by atoms with Crippen LogP contribution in [0.3, 0.4) is 0 Å². The number of nitro groups is 1. The topological polar surface area (TPSA) is 316 Å². The van der Waals surface area contributed by atoms with Crippen LogP contribution in [0.4, 0.5) is 17.1 Å². The van der Waals surface area contributed by atoms with Crippen LogP contribution in [0.25, 0.3) is 44.1 Å². The van der Waals surface area contributed by atoms with Crippen molar-refractivity contribution >= 4 is 81.7 Å². The zero-order valence-corrected chi connectivity index (χ0v) is 35.3. The summed E-state index contributed by atoms with van der Waals surface area (Å²) >= 11 is 0. The van der Waals surface area contributed by atoms with E-state index in [2.05, 4.69) is 48.5 Å². The second-order valence-corrected chi connectivity index (χ2v) is 16.0. The molecule has 0 amide bonds. The molecular formula is C41H41N13O9S2. The largest absolute Gasteiger partial charge is 0.481 e. The highest BCUT2D eigenvalue weighted by Gasteiger charge is 2.13. The van der Waals surface area contributed by atoms with E-state index >= 15 is 0 Å². The Hall–Kier alpha value is -8.06. The number of nitrogen functional groups attached to an aromatic ring is 1. The molecule has 24 heteroatoms. The Morgan fingerprint density at radius 1 is 0.662 bits per heavy atom. The summed E-state index contributed by atoms with van der Waals surface area (Å²) in [7, 11) is -4.71. The Labute approximate surface area is 371 Å². The number of nitrogens with two attached hydrogens (primary N) is 3. The van der Waals surface area contributed by atoms with Crippen molar-refractivity contribution in [2.24, 2.45) is 10.3 Å². The minimum Gasteiger partial charge on any atom is -0.481 e. The predicted octanol–water partition coefficient (Wildman–Crippen LogP) is 5.08. The summed E-state index contributed by atoms with van der Waals surface area (Å²) < 4.78 is 64.0. The summed E-state index contributed by atoms with van der Waals surface area (Å²) in [6.45, 7) is 1.26. The molecule has 0 aliphatic rings. The molecule has 0 bridgehead atoms. The predicted molar refractivity (Wildman–Crippen MR) is 245 cm³/mol. The number of methoxy groups -OCH3 is 2. The van der Waals surface area contributed by atoms with E-state index in [1.165, 1.54) is 0 Å². The van der Waals surface area contributed by atoms with Crippen molar-refractivity contribution in [3.05, 3.63) is 143 Å². The first-order chi connectivity index (χ1) is 30.6. The van der Waals surface area contributed by atoms with Crippen molar-refractivity contribution in [2.75, 3.05) is 24.7 Å². The number of hydrogen-bond donors (Lipinski definition) is 4. The number of nitro benzene ring substituents is 1. The maximum atomic E-state index is 11.1. The summed E-state index contributed by atoms with van der Waals surface area (Å²) in [6.07, 6.45) is 6.99. The van der Waals surface area contributed by atoms with Crippen molar-refractivity contribution in [2.45, 2.75) is 20.5 Å². The summed E-state index contributed by atoms with van der Waals surface area (Å²) in [5.74, 6) is 0.977. The molecule has 0 spiro atoms. The molecule has 0 aliphatic heterocycles. The van der Waals surface area contributed by atoms with E-state index in [1.807, 2.05) is 65.5 Å². The lowest BCUT2D eigenvalue weighted by Crippen LogP contribution is -2.21. The third-order valence-electron chi connectivity index (χ3n) is 9.14. The standard InChI is InChI=1S/C17H16N6O3S.C17H15N5O.C6H6N2O5S.CH4/c1-26-15-7-6-13-16-14(8-19-17(13)21-15)20-10-23(16)9-11-2-4-12(5-3-11)22-27(18,24)25;1-23-15-7-6-13-16-14(8-19-17(13)21-15)20-10-22(16)9-11-2-4-12(18)5-3-11;7-14(11,12)13-6-3-1-5(2-4-6)8(9)10;/h2-8,10,22H,9H2,1H3,(H2,18,24,25);2-8,10H,9,18H2,1H3;1-4H,(H2,7,11,12);1H4. The number of rotatable bonds is 11. The van der Waals surface area contributed by atoms with Gasteiger partial charge in [0.1, 0.15) is 16.8 Å². The number of anilines is 2. The number of nitrogens with zero attached hydrogens (tertiary/aromatic N) is 9. The van der Waals surface area contributed by atoms with Crippen LogP contribution in [-0.4, -0.2) is 75.0 Å². The van der Waals surface area contributed by atoms with Crippen LogP contribution in [0.5, 0.6) is 17.5 Å². The highest BCUT2D eigenvalue weighted by Crippen LogP contribution is 2.27. The number of ether oxygens (including phenoxy) is 2. The van der Waals surface area contributed by atoms with Crippen LogP contribution in [0, 0.1) is 10.1 Å². The Kier molecular flexibility index (Phi) is 14.0. The molecule has 9 aromatic rings. The maximum absolute atomic E-state index is 11.1. The molecule has 3 aromatic carbocycles. The molecule has 0 saturated heterocycles. The van der Waals surface area contributed by atoms with Gasteiger partial charge in [-0.3, -0.25) is 14.8 Å². The number of non-ortho nitro benzene ring substituents is 1. The number of benzene rings is 3. The lowest BCUT2D eigenvalue weighted by molar-refractivity contribution is -0.384. The zero-order valence-electron chi connectivity index (χ0n) is 33.7. The van der Waals surface area contributed by atoms with E-state index in [4.69, 9.17) is 20.3 Å². The fourth-order valence-corrected chi connectivity index (χ4v) is 7.17. The summed E-state index contributed by atoms with van der Waals surface area (Å²) in [6, 6.07) is 26.8. The molecular weight excluding hydrogens is 883 g/mol. The smallest absolute Gasteiger partial charge is 0.380 e. The SMILES string of the molecule is C.COc1ccc2c(ncc3ncn(Cc4ccc(N)cc4)c32)n1.COc1ccc2c(ncc3ncn(Cc4ccc(NS(N)(=O)=O)cc4)c32)n1.NS(=O)(=O)Oc1ccc([N+](=O)[O-])cc1.